The Kier molecular flexibility index (Phi) is 6.27. The lowest BCUT2D eigenvalue weighted by Gasteiger charge is -2.10. The number of carbonyl (C=O) groups excluding carboxylic acids is 1. The average molecular weight is 547 g/mol. The number of hydrogen-bond donors (Lipinski definition) is 1. The molecule has 0 spiro atoms. The standard InChI is InChI=1S/C17H11Br3N2O2S/c18-11-2-4-13-10(7-11)1-5-14(17(13)20)24-9-16(23)22-21-8-12-3-6-15(19)25-12/h1-8H,9H2,(H,22,23). The van der Waals surface area contributed by atoms with E-state index in [0.717, 1.165) is 28.4 Å². The molecule has 0 unspecified atom stereocenters. The van der Waals surface area contributed by atoms with E-state index in [0.29, 0.717) is 5.75 Å². The van der Waals surface area contributed by atoms with Crippen LogP contribution >= 0.6 is 59.1 Å². The Morgan fingerprint density at radius 1 is 1.16 bits per heavy atom. The van der Waals surface area contributed by atoms with Gasteiger partial charge in [0.05, 0.1) is 14.5 Å². The zero-order valence-electron chi connectivity index (χ0n) is 12.6. The summed E-state index contributed by atoms with van der Waals surface area (Å²) in [6, 6.07) is 13.6. The van der Waals surface area contributed by atoms with Crippen molar-refractivity contribution >= 4 is 82.0 Å². The van der Waals surface area contributed by atoms with Crippen LogP contribution in [-0.2, 0) is 4.79 Å². The number of thiophene rings is 1. The number of amides is 1. The van der Waals surface area contributed by atoms with E-state index in [2.05, 4.69) is 58.3 Å². The van der Waals surface area contributed by atoms with E-state index in [1.165, 1.54) is 11.3 Å². The molecule has 0 saturated heterocycles. The van der Waals surface area contributed by atoms with Gasteiger partial charge in [-0.05, 0) is 73.0 Å². The molecular formula is C17H11Br3N2O2S. The molecule has 2 aromatic carbocycles. The minimum atomic E-state index is -0.324. The molecule has 8 heteroatoms. The second-order valence-electron chi connectivity index (χ2n) is 4.97. The summed E-state index contributed by atoms with van der Waals surface area (Å²) >= 11 is 11.9. The van der Waals surface area contributed by atoms with Gasteiger partial charge in [0.2, 0.25) is 0 Å². The van der Waals surface area contributed by atoms with Crippen molar-refractivity contribution in [3.63, 3.8) is 0 Å². The fraction of sp³-hybridized carbons (Fsp3) is 0.0588. The topological polar surface area (TPSA) is 50.7 Å². The van der Waals surface area contributed by atoms with Crippen molar-refractivity contribution in [1.82, 2.24) is 5.43 Å². The van der Waals surface area contributed by atoms with E-state index >= 15 is 0 Å². The third-order valence-corrected chi connectivity index (χ3v) is 6.08. The normalized spacial score (nSPS) is 11.2. The van der Waals surface area contributed by atoms with Crippen molar-refractivity contribution in [3.05, 3.63) is 60.1 Å². The molecule has 0 saturated carbocycles. The maximum absolute atomic E-state index is 11.9. The third kappa shape index (κ3) is 4.91. The molecule has 0 atom stereocenters. The molecule has 3 aromatic rings. The highest BCUT2D eigenvalue weighted by Crippen LogP contribution is 2.34. The number of carbonyl (C=O) groups is 1. The van der Waals surface area contributed by atoms with E-state index in [1.807, 2.05) is 42.5 Å². The van der Waals surface area contributed by atoms with Crippen LogP contribution in [0.15, 0.2) is 60.3 Å². The van der Waals surface area contributed by atoms with Crippen molar-refractivity contribution in [2.75, 3.05) is 6.61 Å². The quantitative estimate of drug-likeness (QED) is 0.329. The lowest BCUT2D eigenvalue weighted by Crippen LogP contribution is -2.24. The Morgan fingerprint density at radius 2 is 2.00 bits per heavy atom. The van der Waals surface area contributed by atoms with Crippen molar-refractivity contribution < 1.29 is 9.53 Å². The first-order valence-corrected chi connectivity index (χ1v) is 10.3. The van der Waals surface area contributed by atoms with E-state index in [1.54, 1.807) is 6.21 Å². The number of nitrogens with zero attached hydrogens (tertiary/aromatic N) is 1. The molecule has 25 heavy (non-hydrogen) atoms. The highest BCUT2D eigenvalue weighted by molar-refractivity contribution is 9.11. The van der Waals surface area contributed by atoms with Gasteiger partial charge in [0.25, 0.3) is 5.91 Å². The molecule has 0 aliphatic rings. The smallest absolute Gasteiger partial charge is 0.277 e. The van der Waals surface area contributed by atoms with Gasteiger partial charge >= 0.3 is 0 Å². The molecule has 0 bridgehead atoms. The minimum Gasteiger partial charge on any atom is -0.483 e. The molecule has 1 aromatic heterocycles. The molecule has 1 N–H and O–H groups in total. The summed E-state index contributed by atoms with van der Waals surface area (Å²) in [5, 5.41) is 6.01. The molecule has 1 heterocycles. The van der Waals surface area contributed by atoms with Crippen molar-refractivity contribution in [1.29, 1.82) is 0 Å². The number of fused-ring (bicyclic) bond motifs is 1. The predicted octanol–water partition coefficient (Wildman–Crippen LogP) is 5.72. The van der Waals surface area contributed by atoms with E-state index in [-0.39, 0.29) is 12.5 Å². The highest BCUT2D eigenvalue weighted by atomic mass is 79.9. The summed E-state index contributed by atoms with van der Waals surface area (Å²) in [6.07, 6.45) is 1.59. The van der Waals surface area contributed by atoms with Gasteiger partial charge in [0.15, 0.2) is 6.61 Å². The van der Waals surface area contributed by atoms with Crippen LogP contribution in [0, 0.1) is 0 Å². The van der Waals surface area contributed by atoms with Crippen LogP contribution in [-0.4, -0.2) is 18.7 Å². The second kappa shape index (κ2) is 8.44. The Labute approximate surface area is 173 Å². The lowest BCUT2D eigenvalue weighted by atomic mass is 10.1. The predicted molar refractivity (Wildman–Crippen MR) is 113 cm³/mol. The Bertz CT molecular complexity index is 956. The van der Waals surface area contributed by atoms with E-state index in [4.69, 9.17) is 4.74 Å². The van der Waals surface area contributed by atoms with E-state index in [9.17, 15) is 4.79 Å². The number of hydrazone groups is 1. The van der Waals surface area contributed by atoms with Gasteiger partial charge in [-0.3, -0.25) is 4.79 Å². The number of halogens is 3. The maximum Gasteiger partial charge on any atom is 0.277 e. The largest absolute Gasteiger partial charge is 0.483 e. The van der Waals surface area contributed by atoms with Crippen LogP contribution in [0.1, 0.15) is 4.88 Å². The summed E-state index contributed by atoms with van der Waals surface area (Å²) in [6.45, 7) is -0.119. The van der Waals surface area contributed by atoms with Crippen LogP contribution in [0.2, 0.25) is 0 Å². The Hall–Kier alpha value is -1.22. The van der Waals surface area contributed by atoms with Gasteiger partial charge in [-0.15, -0.1) is 11.3 Å². The van der Waals surface area contributed by atoms with Crippen LogP contribution in [0.25, 0.3) is 10.8 Å². The molecule has 3 rings (SSSR count). The number of rotatable bonds is 5. The first-order valence-electron chi connectivity index (χ1n) is 7.11. The fourth-order valence-corrected chi connectivity index (χ4v) is 4.38. The molecule has 4 nitrogen and oxygen atoms in total. The molecule has 0 aliphatic heterocycles. The highest BCUT2D eigenvalue weighted by Gasteiger charge is 2.09. The third-order valence-electron chi connectivity index (χ3n) is 3.21. The summed E-state index contributed by atoms with van der Waals surface area (Å²) in [7, 11) is 0. The molecule has 0 radical (unpaired) electrons. The number of hydrogen-bond acceptors (Lipinski definition) is 4. The van der Waals surface area contributed by atoms with E-state index < -0.39 is 0 Å². The summed E-state index contributed by atoms with van der Waals surface area (Å²) < 4.78 is 8.43. The van der Waals surface area contributed by atoms with Crippen LogP contribution in [0.5, 0.6) is 5.75 Å². The number of ether oxygens (including phenoxy) is 1. The zero-order valence-corrected chi connectivity index (χ0v) is 18.2. The maximum atomic E-state index is 11.9. The van der Waals surface area contributed by atoms with Gasteiger partial charge in [0, 0.05) is 9.35 Å². The van der Waals surface area contributed by atoms with Gasteiger partial charge in [-0.2, -0.15) is 5.10 Å². The lowest BCUT2D eigenvalue weighted by molar-refractivity contribution is -0.123. The Morgan fingerprint density at radius 3 is 2.76 bits per heavy atom. The minimum absolute atomic E-state index is 0.119. The molecule has 0 fully saturated rings. The molecular weight excluding hydrogens is 536 g/mol. The van der Waals surface area contributed by atoms with Crippen LogP contribution in [0.4, 0.5) is 0 Å². The number of nitrogens with one attached hydrogen (secondary N) is 1. The van der Waals surface area contributed by atoms with Gasteiger partial charge < -0.3 is 4.74 Å². The van der Waals surface area contributed by atoms with Crippen molar-refractivity contribution in [2.24, 2.45) is 5.10 Å². The van der Waals surface area contributed by atoms with Gasteiger partial charge in [0.1, 0.15) is 5.75 Å². The van der Waals surface area contributed by atoms with Crippen LogP contribution in [0.3, 0.4) is 0 Å². The monoisotopic (exact) mass is 544 g/mol. The van der Waals surface area contributed by atoms with Crippen LogP contribution < -0.4 is 10.2 Å². The molecule has 0 aliphatic carbocycles. The summed E-state index contributed by atoms with van der Waals surface area (Å²) in [4.78, 5) is 12.8. The summed E-state index contributed by atoms with van der Waals surface area (Å²) in [5.74, 6) is 0.283. The van der Waals surface area contributed by atoms with Crippen molar-refractivity contribution in [2.45, 2.75) is 0 Å². The molecule has 1 amide bonds. The van der Waals surface area contributed by atoms with Gasteiger partial charge in [-0.25, -0.2) is 5.43 Å². The van der Waals surface area contributed by atoms with Crippen molar-refractivity contribution in [3.8, 4) is 5.75 Å². The Balaban J connectivity index is 1.60. The zero-order chi connectivity index (χ0) is 17.8. The molecule has 128 valence electrons. The SMILES string of the molecule is O=C(COc1ccc2cc(Br)ccc2c1Br)NN=Cc1ccc(Br)s1. The second-order valence-corrected chi connectivity index (χ2v) is 9.17. The first-order chi connectivity index (χ1) is 12.0. The summed E-state index contributed by atoms with van der Waals surface area (Å²) in [5.41, 5.74) is 2.45. The first kappa shape index (κ1) is 18.6. The number of benzene rings is 2. The van der Waals surface area contributed by atoms with Gasteiger partial charge in [-0.1, -0.05) is 28.1 Å². The fourth-order valence-electron chi connectivity index (χ4n) is 2.10. The average Bonchev–Trinajstić information content (AvgIpc) is 2.99.